The van der Waals surface area contributed by atoms with Gasteiger partial charge in [-0.1, -0.05) is 6.58 Å². The van der Waals surface area contributed by atoms with E-state index < -0.39 is 17.9 Å². The van der Waals surface area contributed by atoms with Crippen LogP contribution in [0.4, 0.5) is 0 Å². The molecule has 0 saturated heterocycles. The van der Waals surface area contributed by atoms with Gasteiger partial charge in [-0.2, -0.15) is 0 Å². The van der Waals surface area contributed by atoms with Gasteiger partial charge in [-0.3, -0.25) is 4.98 Å². The first-order chi connectivity index (χ1) is 16.5. The van der Waals surface area contributed by atoms with Gasteiger partial charge in [0.15, 0.2) is 0 Å². The van der Waals surface area contributed by atoms with E-state index in [4.69, 9.17) is 18.9 Å². The van der Waals surface area contributed by atoms with E-state index in [0.29, 0.717) is 54.4 Å². The Hall–Kier alpha value is -4.46. The summed E-state index contributed by atoms with van der Waals surface area (Å²) < 4.78 is 21.1. The summed E-state index contributed by atoms with van der Waals surface area (Å²) in [5.41, 5.74) is 0.690. The van der Waals surface area contributed by atoms with E-state index in [1.54, 1.807) is 42.6 Å². The quantitative estimate of drug-likeness (QED) is 0.179. The third-order valence-electron chi connectivity index (χ3n) is 4.45. The summed E-state index contributed by atoms with van der Waals surface area (Å²) in [6.45, 7) is 4.09. The minimum absolute atomic E-state index is 0.309. The van der Waals surface area contributed by atoms with Crippen LogP contribution >= 0.6 is 0 Å². The summed E-state index contributed by atoms with van der Waals surface area (Å²) in [4.78, 5) is 39.3. The molecule has 1 aromatic heterocycles. The Morgan fingerprint density at radius 1 is 0.765 bits per heavy atom. The highest BCUT2D eigenvalue weighted by atomic mass is 16.5. The molecule has 0 saturated carbocycles. The monoisotopic (exact) mass is 461 g/mol. The van der Waals surface area contributed by atoms with Gasteiger partial charge in [0.2, 0.25) is 0 Å². The number of carbonyl (C=O) groups is 3. The highest BCUT2D eigenvalue weighted by Gasteiger charge is 2.11. The molecule has 0 spiro atoms. The zero-order valence-electron chi connectivity index (χ0n) is 18.3. The van der Waals surface area contributed by atoms with Gasteiger partial charge in [-0.15, -0.1) is 0 Å². The van der Waals surface area contributed by atoms with Crippen molar-refractivity contribution in [1.82, 2.24) is 4.98 Å². The fourth-order valence-electron chi connectivity index (χ4n) is 2.70. The Balaban J connectivity index is 1.43. The number of nitrogens with zero attached hydrogens (tertiary/aromatic N) is 1. The van der Waals surface area contributed by atoms with Gasteiger partial charge >= 0.3 is 17.9 Å². The van der Waals surface area contributed by atoms with Crippen molar-refractivity contribution in [2.24, 2.45) is 0 Å². The molecule has 0 aliphatic rings. The van der Waals surface area contributed by atoms with Crippen molar-refractivity contribution in [3.8, 4) is 17.2 Å². The lowest BCUT2D eigenvalue weighted by atomic mass is 10.2. The Bertz CT molecular complexity index is 1110. The van der Waals surface area contributed by atoms with Crippen molar-refractivity contribution in [2.75, 3.05) is 13.2 Å². The molecule has 0 unspecified atom stereocenters. The summed E-state index contributed by atoms with van der Waals surface area (Å²) in [7, 11) is 0. The number of carbonyl (C=O) groups excluding carboxylic acids is 3. The fraction of sp³-hybridized carbons (Fsp3) is 0.154. The lowest BCUT2D eigenvalue weighted by molar-refractivity contribution is -0.137. The van der Waals surface area contributed by atoms with Crippen LogP contribution in [0.5, 0.6) is 17.2 Å². The lowest BCUT2D eigenvalue weighted by Crippen LogP contribution is -2.10. The second-order valence-electron chi connectivity index (χ2n) is 6.94. The van der Waals surface area contributed by atoms with Gasteiger partial charge in [0.25, 0.3) is 0 Å². The predicted molar refractivity (Wildman–Crippen MR) is 123 cm³/mol. The van der Waals surface area contributed by atoms with E-state index in [1.165, 1.54) is 30.5 Å². The fourth-order valence-corrected chi connectivity index (χ4v) is 2.70. The number of rotatable bonds is 11. The Morgan fingerprint density at radius 2 is 1.35 bits per heavy atom. The van der Waals surface area contributed by atoms with Gasteiger partial charge in [0, 0.05) is 18.5 Å². The molecular weight excluding hydrogens is 438 g/mol. The standard InChI is InChI=1S/C26H23NO7/c1-2-24(28)32-17-4-3-16-31-21-9-7-19(8-10-21)25(29)33-22-11-13-23(14-12-22)34-26(30)20-6-5-15-27-18-20/h2,5-15,18H,1,3-4,16-17H2. The van der Waals surface area contributed by atoms with Crippen molar-refractivity contribution in [3.63, 3.8) is 0 Å². The minimum Gasteiger partial charge on any atom is -0.494 e. The number of esters is 3. The number of ether oxygens (including phenoxy) is 4. The average molecular weight is 461 g/mol. The first-order valence-corrected chi connectivity index (χ1v) is 10.5. The maximum Gasteiger partial charge on any atom is 0.345 e. The normalized spacial score (nSPS) is 10.1. The number of benzene rings is 2. The molecule has 1 heterocycles. The second-order valence-corrected chi connectivity index (χ2v) is 6.94. The molecule has 0 fully saturated rings. The summed E-state index contributed by atoms with van der Waals surface area (Å²) in [5.74, 6) is -0.271. The Morgan fingerprint density at radius 3 is 1.94 bits per heavy atom. The average Bonchev–Trinajstić information content (AvgIpc) is 2.88. The van der Waals surface area contributed by atoms with Crippen LogP contribution in [0.2, 0.25) is 0 Å². The largest absolute Gasteiger partial charge is 0.494 e. The van der Waals surface area contributed by atoms with Crippen LogP contribution in [0.1, 0.15) is 33.6 Å². The number of unbranched alkanes of at least 4 members (excludes halogenated alkanes) is 1. The summed E-state index contributed by atoms with van der Waals surface area (Å²) in [6, 6.07) is 15.9. The van der Waals surface area contributed by atoms with Crippen LogP contribution in [0, 0.1) is 0 Å². The topological polar surface area (TPSA) is 101 Å². The second kappa shape index (κ2) is 12.5. The van der Waals surface area contributed by atoms with Crippen LogP contribution < -0.4 is 14.2 Å². The van der Waals surface area contributed by atoms with Crippen LogP contribution in [0.3, 0.4) is 0 Å². The number of hydrogen-bond acceptors (Lipinski definition) is 8. The van der Waals surface area contributed by atoms with Crippen molar-refractivity contribution in [1.29, 1.82) is 0 Å². The summed E-state index contributed by atoms with van der Waals surface area (Å²) >= 11 is 0. The van der Waals surface area contributed by atoms with Crippen molar-refractivity contribution in [3.05, 3.63) is 96.8 Å². The third-order valence-corrected chi connectivity index (χ3v) is 4.45. The molecule has 3 rings (SSSR count). The number of pyridine rings is 1. The summed E-state index contributed by atoms with van der Waals surface area (Å²) in [5, 5.41) is 0. The first-order valence-electron chi connectivity index (χ1n) is 10.5. The molecular formula is C26H23NO7. The van der Waals surface area contributed by atoms with E-state index in [9.17, 15) is 14.4 Å². The molecule has 0 atom stereocenters. The number of aromatic nitrogens is 1. The van der Waals surface area contributed by atoms with Crippen molar-refractivity contribution < 1.29 is 33.3 Å². The molecule has 174 valence electrons. The molecule has 34 heavy (non-hydrogen) atoms. The molecule has 3 aromatic rings. The van der Waals surface area contributed by atoms with Crippen molar-refractivity contribution >= 4 is 17.9 Å². The molecule has 0 aliphatic heterocycles. The highest BCUT2D eigenvalue weighted by molar-refractivity contribution is 5.91. The molecule has 0 N–H and O–H groups in total. The van der Waals surface area contributed by atoms with E-state index in [2.05, 4.69) is 11.6 Å². The Labute approximate surface area is 196 Å². The van der Waals surface area contributed by atoms with Crippen LogP contribution in [0.25, 0.3) is 0 Å². The van der Waals surface area contributed by atoms with Crippen LogP contribution in [-0.2, 0) is 9.53 Å². The van der Waals surface area contributed by atoms with E-state index >= 15 is 0 Å². The van der Waals surface area contributed by atoms with Crippen LogP contribution in [-0.4, -0.2) is 36.1 Å². The van der Waals surface area contributed by atoms with Crippen LogP contribution in [0.15, 0.2) is 85.7 Å². The van der Waals surface area contributed by atoms with Gasteiger partial charge in [-0.25, -0.2) is 14.4 Å². The smallest absolute Gasteiger partial charge is 0.345 e. The highest BCUT2D eigenvalue weighted by Crippen LogP contribution is 2.20. The first kappa shape index (κ1) is 24.2. The Kier molecular flexibility index (Phi) is 8.92. The van der Waals surface area contributed by atoms with Gasteiger partial charge < -0.3 is 18.9 Å². The van der Waals surface area contributed by atoms with E-state index in [-0.39, 0.29) is 0 Å². The maximum atomic E-state index is 12.4. The zero-order chi connectivity index (χ0) is 24.2. The molecule has 0 amide bonds. The molecule has 8 nitrogen and oxygen atoms in total. The van der Waals surface area contributed by atoms with Crippen molar-refractivity contribution in [2.45, 2.75) is 12.8 Å². The van der Waals surface area contributed by atoms with Gasteiger partial charge in [-0.05, 0) is 73.5 Å². The molecule has 2 aromatic carbocycles. The predicted octanol–water partition coefficient (Wildman–Crippen LogP) is 4.41. The summed E-state index contributed by atoms with van der Waals surface area (Å²) in [6.07, 6.45) is 5.49. The zero-order valence-corrected chi connectivity index (χ0v) is 18.3. The van der Waals surface area contributed by atoms with Gasteiger partial charge in [0.1, 0.15) is 17.2 Å². The van der Waals surface area contributed by atoms with E-state index in [0.717, 1.165) is 6.08 Å². The van der Waals surface area contributed by atoms with Gasteiger partial charge in [0.05, 0.1) is 24.3 Å². The number of hydrogen-bond donors (Lipinski definition) is 0. The lowest BCUT2D eigenvalue weighted by Gasteiger charge is -2.08. The SMILES string of the molecule is C=CC(=O)OCCCCOc1ccc(C(=O)Oc2ccc(OC(=O)c3cccnc3)cc2)cc1. The molecule has 0 aliphatic carbocycles. The maximum absolute atomic E-state index is 12.4. The van der Waals surface area contributed by atoms with E-state index in [1.807, 2.05) is 0 Å². The third kappa shape index (κ3) is 7.59. The molecule has 0 bridgehead atoms. The molecule has 0 radical (unpaired) electrons. The minimum atomic E-state index is -0.532. The molecule has 8 heteroatoms.